The number of halogens is 2. The fraction of sp³-hybridized carbons (Fsp3) is 0.353. The van der Waals surface area contributed by atoms with Gasteiger partial charge in [0.05, 0.1) is 6.33 Å². The molecule has 7 heteroatoms. The summed E-state index contributed by atoms with van der Waals surface area (Å²) >= 11 is 6.10. The molecule has 0 bridgehead atoms. The lowest BCUT2D eigenvalue weighted by molar-refractivity contribution is 0.529. The average molecular weight is 346 g/mol. The summed E-state index contributed by atoms with van der Waals surface area (Å²) < 4.78 is 15.9. The van der Waals surface area contributed by atoms with E-state index in [-0.39, 0.29) is 11.1 Å². The Bertz CT molecular complexity index is 873. The second-order valence-corrected chi connectivity index (χ2v) is 6.39. The molecule has 0 amide bonds. The Kier molecular flexibility index (Phi) is 4.06. The standard InChI is InChI=1S/C17H17ClFN5/c18-17-22-15(20-9-11-5-1-4-8-13(11)19)14-16(23-17)24(10-21-14)12-6-2-3-7-12/h1,4-5,8,10,12H,2-3,6-7,9H2,(H,20,22,23). The molecule has 0 unspecified atom stereocenters. The molecule has 124 valence electrons. The molecule has 0 spiro atoms. The summed E-state index contributed by atoms with van der Waals surface area (Å²) in [4.78, 5) is 13.0. The van der Waals surface area contributed by atoms with Crippen molar-refractivity contribution in [1.29, 1.82) is 0 Å². The predicted octanol–water partition coefficient (Wildman–Crippen LogP) is 4.35. The molecular weight excluding hydrogens is 329 g/mol. The maximum absolute atomic E-state index is 13.8. The lowest BCUT2D eigenvalue weighted by atomic mass is 10.2. The summed E-state index contributed by atoms with van der Waals surface area (Å²) in [7, 11) is 0. The Balaban J connectivity index is 1.66. The molecule has 1 aliphatic rings. The number of fused-ring (bicyclic) bond motifs is 1. The highest BCUT2D eigenvalue weighted by Gasteiger charge is 2.21. The third-order valence-corrected chi connectivity index (χ3v) is 4.69. The summed E-state index contributed by atoms with van der Waals surface area (Å²) in [5.41, 5.74) is 1.97. The van der Waals surface area contributed by atoms with Crippen molar-refractivity contribution >= 4 is 28.6 Å². The molecule has 3 aromatic rings. The average Bonchev–Trinajstić information content (AvgIpc) is 3.22. The van der Waals surface area contributed by atoms with Gasteiger partial charge in [-0.15, -0.1) is 0 Å². The maximum atomic E-state index is 13.8. The van der Waals surface area contributed by atoms with Gasteiger partial charge in [-0.2, -0.15) is 9.97 Å². The lowest BCUT2D eigenvalue weighted by Gasteiger charge is -2.12. The first-order valence-electron chi connectivity index (χ1n) is 8.10. The number of nitrogens with zero attached hydrogens (tertiary/aromatic N) is 4. The zero-order chi connectivity index (χ0) is 16.5. The Labute approximate surface area is 143 Å². The van der Waals surface area contributed by atoms with E-state index in [4.69, 9.17) is 11.6 Å². The number of hydrogen-bond donors (Lipinski definition) is 1. The van der Waals surface area contributed by atoms with Crippen molar-refractivity contribution < 1.29 is 4.39 Å². The summed E-state index contributed by atoms with van der Waals surface area (Å²) in [6, 6.07) is 7.06. The van der Waals surface area contributed by atoms with Gasteiger partial charge in [-0.25, -0.2) is 9.37 Å². The van der Waals surface area contributed by atoms with Gasteiger partial charge in [0.15, 0.2) is 17.0 Å². The van der Waals surface area contributed by atoms with Crippen molar-refractivity contribution in [2.45, 2.75) is 38.3 Å². The zero-order valence-corrected chi connectivity index (χ0v) is 13.8. The molecule has 1 fully saturated rings. The lowest BCUT2D eigenvalue weighted by Crippen LogP contribution is -2.07. The molecular formula is C17H17ClFN5. The molecule has 4 rings (SSSR count). The topological polar surface area (TPSA) is 55.6 Å². The molecule has 0 saturated heterocycles. The van der Waals surface area contributed by atoms with Gasteiger partial charge in [0.2, 0.25) is 5.28 Å². The zero-order valence-electron chi connectivity index (χ0n) is 13.0. The first-order chi connectivity index (χ1) is 11.7. The van der Waals surface area contributed by atoms with Gasteiger partial charge < -0.3 is 9.88 Å². The summed E-state index contributed by atoms with van der Waals surface area (Å²) in [6.07, 6.45) is 6.51. The smallest absolute Gasteiger partial charge is 0.226 e. The minimum absolute atomic E-state index is 0.165. The van der Waals surface area contributed by atoms with E-state index in [9.17, 15) is 4.39 Å². The van der Waals surface area contributed by atoms with Crippen LogP contribution in [-0.2, 0) is 6.54 Å². The fourth-order valence-corrected chi connectivity index (χ4v) is 3.45. The normalized spacial score (nSPS) is 15.2. The third-order valence-electron chi connectivity index (χ3n) is 4.52. The van der Waals surface area contributed by atoms with E-state index >= 15 is 0 Å². The Morgan fingerprint density at radius 2 is 2.00 bits per heavy atom. The van der Waals surface area contributed by atoms with Gasteiger partial charge in [0.1, 0.15) is 5.82 Å². The number of aromatic nitrogens is 4. The van der Waals surface area contributed by atoms with Gasteiger partial charge in [-0.3, -0.25) is 0 Å². The van der Waals surface area contributed by atoms with Gasteiger partial charge in [-0.1, -0.05) is 31.0 Å². The second kappa shape index (κ2) is 6.36. The minimum Gasteiger partial charge on any atom is -0.364 e. The summed E-state index contributed by atoms with van der Waals surface area (Å²) in [5.74, 6) is 0.280. The number of benzene rings is 1. The molecule has 1 saturated carbocycles. The number of imidazole rings is 1. The predicted molar refractivity (Wildman–Crippen MR) is 91.6 cm³/mol. The van der Waals surface area contributed by atoms with Crippen LogP contribution in [0, 0.1) is 5.82 Å². The molecule has 1 aliphatic carbocycles. The van der Waals surface area contributed by atoms with E-state index < -0.39 is 0 Å². The van der Waals surface area contributed by atoms with Crippen molar-refractivity contribution in [1.82, 2.24) is 19.5 Å². The SMILES string of the molecule is Fc1ccccc1CNc1nc(Cl)nc2c1ncn2C1CCCC1. The Hall–Kier alpha value is -2.21. The Morgan fingerprint density at radius 3 is 2.79 bits per heavy atom. The quantitative estimate of drug-likeness (QED) is 0.714. The summed E-state index contributed by atoms with van der Waals surface area (Å²) in [5, 5.41) is 3.30. The van der Waals surface area contributed by atoms with Crippen molar-refractivity contribution in [3.63, 3.8) is 0 Å². The van der Waals surface area contributed by atoms with Crippen LogP contribution in [0.15, 0.2) is 30.6 Å². The van der Waals surface area contributed by atoms with E-state index in [0.717, 1.165) is 18.5 Å². The number of anilines is 1. The number of hydrogen-bond acceptors (Lipinski definition) is 4. The van der Waals surface area contributed by atoms with Crippen molar-refractivity contribution in [2.24, 2.45) is 0 Å². The monoisotopic (exact) mass is 345 g/mol. The van der Waals surface area contributed by atoms with E-state index in [1.54, 1.807) is 24.5 Å². The number of rotatable bonds is 4. The van der Waals surface area contributed by atoms with Crippen molar-refractivity contribution in [2.75, 3.05) is 5.32 Å². The van der Waals surface area contributed by atoms with E-state index in [1.807, 2.05) is 0 Å². The van der Waals surface area contributed by atoms with E-state index in [2.05, 4.69) is 24.8 Å². The molecule has 24 heavy (non-hydrogen) atoms. The van der Waals surface area contributed by atoms with Crippen LogP contribution in [0.2, 0.25) is 5.28 Å². The highest BCUT2D eigenvalue weighted by atomic mass is 35.5. The first-order valence-corrected chi connectivity index (χ1v) is 8.47. The van der Waals surface area contributed by atoms with Crippen LogP contribution in [0.1, 0.15) is 37.3 Å². The van der Waals surface area contributed by atoms with Crippen LogP contribution in [0.5, 0.6) is 0 Å². The van der Waals surface area contributed by atoms with Crippen LogP contribution in [-0.4, -0.2) is 19.5 Å². The number of nitrogens with one attached hydrogen (secondary N) is 1. The molecule has 5 nitrogen and oxygen atoms in total. The molecule has 0 atom stereocenters. The molecule has 2 aromatic heterocycles. The first kappa shape index (κ1) is 15.3. The summed E-state index contributed by atoms with van der Waals surface area (Å²) in [6.45, 7) is 0.311. The van der Waals surface area contributed by atoms with Gasteiger partial charge >= 0.3 is 0 Å². The highest BCUT2D eigenvalue weighted by Crippen LogP contribution is 2.33. The maximum Gasteiger partial charge on any atom is 0.226 e. The van der Waals surface area contributed by atoms with E-state index in [1.165, 1.54) is 18.9 Å². The van der Waals surface area contributed by atoms with Crippen LogP contribution < -0.4 is 5.32 Å². The van der Waals surface area contributed by atoms with E-state index in [0.29, 0.717) is 29.5 Å². The third kappa shape index (κ3) is 2.82. The molecule has 0 radical (unpaired) electrons. The molecule has 1 N–H and O–H groups in total. The van der Waals surface area contributed by atoms with Crippen LogP contribution in [0.25, 0.3) is 11.2 Å². The van der Waals surface area contributed by atoms with Gasteiger partial charge in [-0.05, 0) is 30.5 Å². The van der Waals surface area contributed by atoms with Crippen molar-refractivity contribution in [3.8, 4) is 0 Å². The van der Waals surface area contributed by atoms with Gasteiger partial charge in [0.25, 0.3) is 0 Å². The Morgan fingerprint density at radius 1 is 1.21 bits per heavy atom. The largest absolute Gasteiger partial charge is 0.364 e. The fourth-order valence-electron chi connectivity index (χ4n) is 3.28. The molecule has 0 aliphatic heterocycles. The van der Waals surface area contributed by atoms with Crippen molar-refractivity contribution in [3.05, 3.63) is 47.3 Å². The molecule has 2 heterocycles. The van der Waals surface area contributed by atoms with Crippen LogP contribution in [0.4, 0.5) is 10.2 Å². The second-order valence-electron chi connectivity index (χ2n) is 6.05. The van der Waals surface area contributed by atoms with Gasteiger partial charge in [0, 0.05) is 18.2 Å². The van der Waals surface area contributed by atoms with Crippen LogP contribution in [0.3, 0.4) is 0 Å². The highest BCUT2D eigenvalue weighted by molar-refractivity contribution is 6.28. The minimum atomic E-state index is -0.252. The van der Waals surface area contributed by atoms with Crippen LogP contribution >= 0.6 is 11.6 Å². The molecule has 1 aromatic carbocycles.